The zero-order valence-electron chi connectivity index (χ0n) is 10.2. The van der Waals surface area contributed by atoms with E-state index in [9.17, 15) is 31.5 Å². The second kappa shape index (κ2) is 6.37. The first-order valence-corrected chi connectivity index (χ1v) is 5.40. The highest BCUT2D eigenvalue weighted by Crippen LogP contribution is 2.21. The Labute approximate surface area is 114 Å². The Bertz CT molecular complexity index is 536. The monoisotopic (exact) mass is 312 g/mol. The molecule has 3 N–H and O–H groups in total. The molecule has 1 amide bonds. The first-order chi connectivity index (χ1) is 9.60. The highest BCUT2D eigenvalue weighted by Gasteiger charge is 2.27. The summed E-state index contributed by atoms with van der Waals surface area (Å²) in [6.07, 6.45) is -4.58. The number of amides is 1. The summed E-state index contributed by atoms with van der Waals surface area (Å²) in [6, 6.07) is 1.01. The molecule has 1 rings (SSSR count). The lowest BCUT2D eigenvalue weighted by Gasteiger charge is -2.11. The van der Waals surface area contributed by atoms with Crippen molar-refractivity contribution in [3.63, 3.8) is 0 Å². The van der Waals surface area contributed by atoms with Gasteiger partial charge in [-0.15, -0.1) is 0 Å². The van der Waals surface area contributed by atoms with Crippen LogP contribution in [0, 0.1) is 11.6 Å². The summed E-state index contributed by atoms with van der Waals surface area (Å²) in [5, 5.41) is 11.8. The number of nitrogens with one attached hydrogen (secondary N) is 2. The van der Waals surface area contributed by atoms with Crippen LogP contribution in [-0.2, 0) is 4.79 Å². The van der Waals surface area contributed by atoms with Gasteiger partial charge in [-0.2, -0.15) is 13.2 Å². The molecule has 0 aliphatic heterocycles. The molecule has 10 heteroatoms. The Morgan fingerprint density at radius 2 is 1.67 bits per heavy atom. The molecule has 0 unspecified atom stereocenters. The molecule has 0 saturated carbocycles. The van der Waals surface area contributed by atoms with Crippen molar-refractivity contribution in [1.29, 1.82) is 0 Å². The van der Waals surface area contributed by atoms with E-state index in [1.807, 2.05) is 0 Å². The van der Waals surface area contributed by atoms with Crippen molar-refractivity contribution >= 4 is 17.6 Å². The number of hydrogen-bond donors (Lipinski definition) is 3. The molecule has 21 heavy (non-hydrogen) atoms. The quantitative estimate of drug-likeness (QED) is 0.724. The maximum absolute atomic E-state index is 13.5. The zero-order valence-corrected chi connectivity index (χ0v) is 10.2. The average molecular weight is 312 g/mol. The van der Waals surface area contributed by atoms with Gasteiger partial charge >= 0.3 is 12.1 Å². The predicted molar refractivity (Wildman–Crippen MR) is 60.9 cm³/mol. The van der Waals surface area contributed by atoms with Gasteiger partial charge in [0.15, 0.2) is 0 Å². The van der Waals surface area contributed by atoms with Crippen LogP contribution >= 0.6 is 0 Å². The molecule has 116 valence electrons. The number of benzene rings is 1. The largest absolute Gasteiger partial charge is 0.480 e. The van der Waals surface area contributed by atoms with E-state index in [4.69, 9.17) is 5.11 Å². The summed E-state index contributed by atoms with van der Waals surface area (Å²) in [5.41, 5.74) is -1.58. The van der Waals surface area contributed by atoms with Gasteiger partial charge in [0.2, 0.25) is 0 Å². The zero-order chi connectivity index (χ0) is 16.2. The third kappa shape index (κ3) is 5.24. The first kappa shape index (κ1) is 16.7. The lowest BCUT2D eigenvalue weighted by molar-refractivity contribution is -0.135. The standard InChI is InChI=1S/C11H9F5N2O3/c12-6-1-5(18-4-11(14,15)16)2-7(13)9(6)10(21)17-3-8(19)20/h1-2,18H,3-4H2,(H,17,21)(H,19,20). The maximum atomic E-state index is 13.5. The van der Waals surface area contributed by atoms with Crippen LogP contribution in [0.3, 0.4) is 0 Å². The van der Waals surface area contributed by atoms with Crippen LogP contribution in [0.25, 0.3) is 0 Å². The van der Waals surface area contributed by atoms with Gasteiger partial charge in [0.05, 0.1) is 0 Å². The number of carboxylic acids is 1. The number of carboxylic acid groups (broad SMARTS) is 1. The summed E-state index contributed by atoms with van der Waals surface area (Å²) in [6.45, 7) is -2.36. The molecule has 0 bridgehead atoms. The van der Waals surface area contributed by atoms with Crippen LogP contribution in [0.1, 0.15) is 10.4 Å². The predicted octanol–water partition coefficient (Wildman–Crippen LogP) is 1.75. The highest BCUT2D eigenvalue weighted by molar-refractivity contribution is 5.96. The number of rotatable bonds is 5. The fraction of sp³-hybridized carbons (Fsp3) is 0.273. The number of anilines is 1. The molecular weight excluding hydrogens is 303 g/mol. The lowest BCUT2D eigenvalue weighted by atomic mass is 10.1. The molecule has 0 aromatic heterocycles. The number of carbonyl (C=O) groups excluding carboxylic acids is 1. The van der Waals surface area contributed by atoms with Crippen molar-refractivity contribution in [1.82, 2.24) is 5.32 Å². The SMILES string of the molecule is O=C(O)CNC(=O)c1c(F)cc(NCC(F)(F)F)cc1F. The van der Waals surface area contributed by atoms with Crippen LogP contribution in [-0.4, -0.2) is 36.2 Å². The van der Waals surface area contributed by atoms with Crippen LogP contribution in [0.4, 0.5) is 27.6 Å². The number of aliphatic carboxylic acids is 1. The van der Waals surface area contributed by atoms with Crippen LogP contribution in [0.15, 0.2) is 12.1 Å². The van der Waals surface area contributed by atoms with Crippen molar-refractivity contribution < 1.29 is 36.6 Å². The molecule has 0 saturated heterocycles. The van der Waals surface area contributed by atoms with E-state index in [2.05, 4.69) is 0 Å². The summed E-state index contributed by atoms with van der Waals surface area (Å²) >= 11 is 0. The second-order valence-electron chi connectivity index (χ2n) is 3.86. The Balaban J connectivity index is 2.89. The molecular formula is C11H9F5N2O3. The minimum absolute atomic E-state index is 0.503. The van der Waals surface area contributed by atoms with Gasteiger partial charge in [0.25, 0.3) is 5.91 Å². The van der Waals surface area contributed by atoms with E-state index < -0.39 is 54.0 Å². The first-order valence-electron chi connectivity index (χ1n) is 5.40. The van der Waals surface area contributed by atoms with Crippen molar-refractivity contribution in [3.05, 3.63) is 29.3 Å². The summed E-state index contributed by atoms with van der Waals surface area (Å²) in [7, 11) is 0. The van der Waals surface area contributed by atoms with E-state index >= 15 is 0 Å². The summed E-state index contributed by atoms with van der Waals surface area (Å²) in [5.74, 6) is -5.58. The van der Waals surface area contributed by atoms with Gasteiger partial charge in [-0.05, 0) is 12.1 Å². The molecule has 0 heterocycles. The molecule has 5 nitrogen and oxygen atoms in total. The van der Waals surface area contributed by atoms with E-state index in [1.54, 1.807) is 10.6 Å². The number of halogens is 5. The molecule has 0 atom stereocenters. The van der Waals surface area contributed by atoms with E-state index in [-0.39, 0.29) is 0 Å². The third-order valence-electron chi connectivity index (χ3n) is 2.16. The summed E-state index contributed by atoms with van der Waals surface area (Å²) < 4.78 is 62.9. The molecule has 0 aliphatic carbocycles. The van der Waals surface area contributed by atoms with Crippen molar-refractivity contribution in [3.8, 4) is 0 Å². The average Bonchev–Trinajstić information content (AvgIpc) is 2.32. The Hall–Kier alpha value is -2.39. The number of hydrogen-bond acceptors (Lipinski definition) is 3. The van der Waals surface area contributed by atoms with E-state index in [0.29, 0.717) is 12.1 Å². The summed E-state index contributed by atoms with van der Waals surface area (Å²) in [4.78, 5) is 21.6. The lowest BCUT2D eigenvalue weighted by Crippen LogP contribution is -2.30. The molecule has 0 aliphatic rings. The Morgan fingerprint density at radius 3 is 2.10 bits per heavy atom. The van der Waals surface area contributed by atoms with Gasteiger partial charge in [0.1, 0.15) is 30.3 Å². The molecule has 1 aromatic carbocycles. The third-order valence-corrected chi connectivity index (χ3v) is 2.16. The Morgan fingerprint density at radius 1 is 1.14 bits per heavy atom. The van der Waals surface area contributed by atoms with E-state index in [1.165, 1.54) is 0 Å². The molecule has 0 spiro atoms. The number of carbonyl (C=O) groups is 2. The molecule has 0 radical (unpaired) electrons. The van der Waals surface area contributed by atoms with Crippen LogP contribution in [0.5, 0.6) is 0 Å². The van der Waals surface area contributed by atoms with Gasteiger partial charge in [-0.1, -0.05) is 0 Å². The molecule has 0 fully saturated rings. The van der Waals surface area contributed by atoms with Crippen molar-refractivity contribution in [2.75, 3.05) is 18.4 Å². The normalized spacial score (nSPS) is 11.1. The van der Waals surface area contributed by atoms with Gasteiger partial charge < -0.3 is 15.7 Å². The number of alkyl halides is 3. The van der Waals surface area contributed by atoms with E-state index in [0.717, 1.165) is 0 Å². The minimum atomic E-state index is -4.58. The Kier molecular flexibility index (Phi) is 5.06. The van der Waals surface area contributed by atoms with Gasteiger partial charge in [-0.3, -0.25) is 9.59 Å². The minimum Gasteiger partial charge on any atom is -0.480 e. The van der Waals surface area contributed by atoms with Crippen LogP contribution < -0.4 is 10.6 Å². The van der Waals surface area contributed by atoms with Crippen LogP contribution in [0.2, 0.25) is 0 Å². The maximum Gasteiger partial charge on any atom is 0.405 e. The molecule has 1 aromatic rings. The van der Waals surface area contributed by atoms with Crippen molar-refractivity contribution in [2.45, 2.75) is 6.18 Å². The second-order valence-corrected chi connectivity index (χ2v) is 3.86. The fourth-order valence-electron chi connectivity index (χ4n) is 1.34. The van der Waals surface area contributed by atoms with Gasteiger partial charge in [-0.25, -0.2) is 8.78 Å². The topological polar surface area (TPSA) is 78.4 Å². The smallest absolute Gasteiger partial charge is 0.405 e. The highest BCUT2D eigenvalue weighted by atomic mass is 19.4. The fourth-order valence-corrected chi connectivity index (χ4v) is 1.34. The van der Waals surface area contributed by atoms with Gasteiger partial charge in [0, 0.05) is 5.69 Å². The van der Waals surface area contributed by atoms with Crippen molar-refractivity contribution in [2.24, 2.45) is 0 Å².